The molecule has 0 aliphatic carbocycles. The fraction of sp³-hybridized carbons (Fsp3) is 0. The molecule has 2 heteroatoms. The Morgan fingerprint density at radius 3 is 1.86 bits per heavy atom. The van der Waals surface area contributed by atoms with E-state index in [1.165, 1.54) is 0 Å². The number of aromatic nitrogens is 1. The fourth-order valence-corrected chi connectivity index (χ4v) is 0.728. The van der Waals surface area contributed by atoms with E-state index in [9.17, 15) is 0 Å². The van der Waals surface area contributed by atoms with Gasteiger partial charge in [0.05, 0.1) is 0 Å². The summed E-state index contributed by atoms with van der Waals surface area (Å²) in [6.07, 6.45) is 4.01. The van der Waals surface area contributed by atoms with Crippen molar-refractivity contribution in [3.8, 4) is 0 Å². The molecule has 35 valence electrons. The SMILES string of the molecule is [Mo][n+]1ccccc1. The van der Waals surface area contributed by atoms with Gasteiger partial charge in [0.15, 0.2) is 0 Å². The number of hydrogen-bond donors (Lipinski definition) is 0. The maximum atomic E-state index is 2.01. The van der Waals surface area contributed by atoms with E-state index in [2.05, 4.69) is 0 Å². The van der Waals surface area contributed by atoms with Crippen LogP contribution in [0.1, 0.15) is 0 Å². The summed E-state index contributed by atoms with van der Waals surface area (Å²) < 4.78 is 2.01. The van der Waals surface area contributed by atoms with Crippen LogP contribution in [0.15, 0.2) is 30.6 Å². The quantitative estimate of drug-likeness (QED) is 0.499. The van der Waals surface area contributed by atoms with Crippen LogP contribution in [-0.2, 0) is 20.1 Å². The van der Waals surface area contributed by atoms with Gasteiger partial charge in [0, 0.05) is 0 Å². The van der Waals surface area contributed by atoms with Gasteiger partial charge < -0.3 is 0 Å². The minimum absolute atomic E-state index is 1.93. The van der Waals surface area contributed by atoms with E-state index in [1.54, 1.807) is 0 Å². The van der Waals surface area contributed by atoms with Gasteiger partial charge in [0.1, 0.15) is 0 Å². The Morgan fingerprint density at radius 1 is 1.00 bits per heavy atom. The predicted molar refractivity (Wildman–Crippen MR) is 22.0 cm³/mol. The van der Waals surface area contributed by atoms with E-state index in [0.29, 0.717) is 0 Å². The zero-order valence-corrected chi connectivity index (χ0v) is 5.75. The van der Waals surface area contributed by atoms with E-state index < -0.39 is 0 Å². The Hall–Kier alpha value is -0.162. The first-order chi connectivity index (χ1) is 3.39. The summed E-state index contributed by atoms with van der Waals surface area (Å²) in [7, 11) is 0. The Labute approximate surface area is 54.2 Å². The molecule has 0 aromatic carbocycles. The second-order valence-electron chi connectivity index (χ2n) is 1.24. The molecular weight excluding hydrogens is 170 g/mol. The van der Waals surface area contributed by atoms with Crippen LogP contribution < -0.4 is 3.13 Å². The maximum absolute atomic E-state index is 2.01. The zero-order chi connectivity index (χ0) is 5.11. The number of rotatable bonds is 0. The number of nitrogens with zero attached hydrogens (tertiary/aromatic N) is 1. The van der Waals surface area contributed by atoms with Crippen molar-refractivity contribution in [2.45, 2.75) is 0 Å². The molecule has 0 aliphatic heterocycles. The van der Waals surface area contributed by atoms with Crippen LogP contribution in [0, 0.1) is 0 Å². The van der Waals surface area contributed by atoms with E-state index >= 15 is 0 Å². The van der Waals surface area contributed by atoms with Crippen molar-refractivity contribution in [2.75, 3.05) is 0 Å². The van der Waals surface area contributed by atoms with E-state index in [4.69, 9.17) is 0 Å². The van der Waals surface area contributed by atoms with Gasteiger partial charge in [-0.1, -0.05) is 0 Å². The average Bonchev–Trinajstić information content (AvgIpc) is 1.69. The molecule has 0 bridgehead atoms. The van der Waals surface area contributed by atoms with Crippen molar-refractivity contribution >= 4 is 0 Å². The van der Waals surface area contributed by atoms with Gasteiger partial charge in [-0.25, -0.2) is 0 Å². The Kier molecular flexibility index (Phi) is 1.58. The van der Waals surface area contributed by atoms with Gasteiger partial charge in [0.25, 0.3) is 0 Å². The molecule has 1 nitrogen and oxygen atoms in total. The number of hydrogen-bond acceptors (Lipinski definition) is 0. The molecule has 7 heavy (non-hydrogen) atoms. The summed E-state index contributed by atoms with van der Waals surface area (Å²) in [5, 5.41) is 0. The number of pyridine rings is 1. The van der Waals surface area contributed by atoms with Gasteiger partial charge in [0.2, 0.25) is 0 Å². The Bertz CT molecular complexity index is 138. The van der Waals surface area contributed by atoms with Crippen molar-refractivity contribution in [3.63, 3.8) is 0 Å². The van der Waals surface area contributed by atoms with Gasteiger partial charge >= 0.3 is 53.8 Å². The monoisotopic (exact) mass is 177 g/mol. The van der Waals surface area contributed by atoms with Crippen molar-refractivity contribution in [1.29, 1.82) is 0 Å². The van der Waals surface area contributed by atoms with Crippen LogP contribution >= 0.6 is 0 Å². The second-order valence-corrected chi connectivity index (χ2v) is 2.27. The van der Waals surface area contributed by atoms with Crippen molar-refractivity contribution in [3.05, 3.63) is 30.6 Å². The van der Waals surface area contributed by atoms with Crippen LogP contribution in [-0.4, -0.2) is 0 Å². The Morgan fingerprint density at radius 2 is 1.57 bits per heavy atom. The second kappa shape index (κ2) is 2.22. The molecule has 1 aromatic rings. The van der Waals surface area contributed by atoms with Gasteiger partial charge in [-0.3, -0.25) is 0 Å². The third-order valence-corrected chi connectivity index (χ3v) is 1.29. The topological polar surface area (TPSA) is 3.88 Å². The Balaban J connectivity index is 3.02. The third-order valence-electron chi connectivity index (χ3n) is 0.688. The molecule has 0 fully saturated rings. The fourth-order valence-electron chi connectivity index (χ4n) is 0.383. The predicted octanol–water partition coefficient (Wildman–Crippen LogP) is 0.284. The molecular formula is C5H5MoN+. The molecule has 1 aromatic heterocycles. The van der Waals surface area contributed by atoms with Crippen LogP contribution in [0.2, 0.25) is 0 Å². The molecule has 0 spiro atoms. The first kappa shape index (κ1) is 4.98. The molecule has 0 aliphatic rings. The average molecular weight is 175 g/mol. The standard InChI is InChI=1S/C5H5N.Mo/c1-2-4-6-5-3-1;/h1-5H;/q;+1. The molecule has 0 unspecified atom stereocenters. The molecule has 0 saturated carbocycles. The van der Waals surface area contributed by atoms with Crippen molar-refractivity contribution in [2.24, 2.45) is 0 Å². The normalized spacial score (nSPS) is 8.57. The summed E-state index contributed by atoms with van der Waals surface area (Å²) >= 11 is 1.93. The molecule has 1 heterocycles. The summed E-state index contributed by atoms with van der Waals surface area (Å²) in [4.78, 5) is 0. The summed E-state index contributed by atoms with van der Waals surface area (Å²) in [6.45, 7) is 0. The van der Waals surface area contributed by atoms with Gasteiger partial charge in [-0.15, -0.1) is 0 Å². The van der Waals surface area contributed by atoms with E-state index in [1.807, 2.05) is 53.8 Å². The van der Waals surface area contributed by atoms with Gasteiger partial charge in [-0.2, -0.15) is 0 Å². The first-order valence-electron chi connectivity index (χ1n) is 2.03. The zero-order valence-electron chi connectivity index (χ0n) is 3.74. The summed E-state index contributed by atoms with van der Waals surface area (Å²) in [5.74, 6) is 0. The summed E-state index contributed by atoms with van der Waals surface area (Å²) in [5.41, 5.74) is 0. The van der Waals surface area contributed by atoms with Crippen LogP contribution in [0.5, 0.6) is 0 Å². The molecule has 1 rings (SSSR count). The summed E-state index contributed by atoms with van der Waals surface area (Å²) in [6, 6.07) is 6.01. The third kappa shape index (κ3) is 1.40. The molecule has 0 N–H and O–H groups in total. The van der Waals surface area contributed by atoms with Crippen LogP contribution in [0.25, 0.3) is 0 Å². The van der Waals surface area contributed by atoms with Crippen LogP contribution in [0.3, 0.4) is 0 Å². The molecule has 0 saturated heterocycles. The van der Waals surface area contributed by atoms with Crippen molar-refractivity contribution in [1.82, 2.24) is 0 Å². The molecule has 0 amide bonds. The van der Waals surface area contributed by atoms with E-state index in [-0.39, 0.29) is 0 Å². The van der Waals surface area contributed by atoms with Crippen LogP contribution in [0.4, 0.5) is 0 Å². The molecule has 0 atom stereocenters. The van der Waals surface area contributed by atoms with Crippen molar-refractivity contribution < 1.29 is 23.2 Å². The minimum atomic E-state index is 1.93. The molecule has 0 radical (unpaired) electrons. The van der Waals surface area contributed by atoms with E-state index in [0.717, 1.165) is 0 Å². The van der Waals surface area contributed by atoms with Gasteiger partial charge in [-0.05, 0) is 0 Å². The first-order valence-corrected chi connectivity index (χ1v) is 2.93.